The van der Waals surface area contributed by atoms with Crippen molar-refractivity contribution in [2.45, 2.75) is 32.5 Å². The first-order valence-corrected chi connectivity index (χ1v) is 6.13. The van der Waals surface area contributed by atoms with Crippen LogP contribution in [0.3, 0.4) is 0 Å². The van der Waals surface area contributed by atoms with Gasteiger partial charge >= 0.3 is 57.6 Å². The molecular formula is C14H15F3KNO2. The van der Waals surface area contributed by atoms with Gasteiger partial charge in [-0.05, 0) is 12.3 Å². The molecule has 3 nitrogen and oxygen atoms in total. The first kappa shape index (κ1) is 20.8. The molecule has 1 aromatic carbocycles. The van der Waals surface area contributed by atoms with Crippen molar-refractivity contribution in [1.29, 1.82) is 0 Å². The van der Waals surface area contributed by atoms with Crippen LogP contribution in [0.4, 0.5) is 13.2 Å². The molecule has 0 aromatic heterocycles. The molecule has 0 radical (unpaired) electrons. The summed E-state index contributed by atoms with van der Waals surface area (Å²) in [5, 5.41) is 10.9. The molecule has 0 N–H and O–H groups in total. The van der Waals surface area contributed by atoms with Crippen molar-refractivity contribution in [3.05, 3.63) is 35.9 Å². The molecule has 0 spiro atoms. The van der Waals surface area contributed by atoms with Gasteiger partial charge in [0, 0.05) is 5.56 Å². The molecule has 0 fully saturated rings. The Labute approximate surface area is 164 Å². The van der Waals surface area contributed by atoms with Gasteiger partial charge in [0.25, 0.3) is 0 Å². The maximum Gasteiger partial charge on any atom is 1.00 e. The molecule has 110 valence electrons. The standard InChI is InChI=1S/C14H16F3NO2.K/c1-9(2)8-11(13(19)20)18-12(14(15,16)17)10-6-4-3-5-7-10;/h3-7,9,11H,8H2,1-2H3,(H,19,20);/q;+1/p-1/t11-;/m0./s1. The maximum absolute atomic E-state index is 13.0. The molecule has 0 aliphatic heterocycles. The molecule has 0 saturated heterocycles. The average Bonchev–Trinajstić information content (AvgIpc) is 2.33. The van der Waals surface area contributed by atoms with E-state index in [0.717, 1.165) is 0 Å². The van der Waals surface area contributed by atoms with Gasteiger partial charge in [-0.3, -0.25) is 4.99 Å². The molecule has 0 unspecified atom stereocenters. The summed E-state index contributed by atoms with van der Waals surface area (Å²) < 4.78 is 39.1. The third-order valence-electron chi connectivity index (χ3n) is 2.57. The van der Waals surface area contributed by atoms with Crippen molar-refractivity contribution >= 4 is 11.7 Å². The van der Waals surface area contributed by atoms with Crippen LogP contribution in [0.25, 0.3) is 0 Å². The molecular weight excluding hydrogens is 310 g/mol. The number of carboxylic acids is 1. The third-order valence-corrected chi connectivity index (χ3v) is 2.57. The van der Waals surface area contributed by atoms with Crippen LogP contribution in [0, 0.1) is 5.92 Å². The molecule has 1 rings (SSSR count). The Balaban J connectivity index is 0.00000400. The summed E-state index contributed by atoms with van der Waals surface area (Å²) in [4.78, 5) is 14.3. The number of carbonyl (C=O) groups is 1. The number of aliphatic imine (C=N–C) groups is 1. The fourth-order valence-corrected chi connectivity index (χ4v) is 1.71. The third kappa shape index (κ3) is 7.06. The van der Waals surface area contributed by atoms with Crippen molar-refractivity contribution in [2.24, 2.45) is 10.9 Å². The van der Waals surface area contributed by atoms with Crippen molar-refractivity contribution in [1.82, 2.24) is 0 Å². The summed E-state index contributed by atoms with van der Waals surface area (Å²) in [5.74, 6) is -1.71. The largest absolute Gasteiger partial charge is 1.00 e. The Hall–Kier alpha value is -0.214. The zero-order chi connectivity index (χ0) is 15.3. The van der Waals surface area contributed by atoms with E-state index in [9.17, 15) is 23.1 Å². The number of halogens is 3. The summed E-state index contributed by atoms with van der Waals surface area (Å²) in [6.45, 7) is 3.42. The van der Waals surface area contributed by atoms with E-state index in [1.807, 2.05) is 0 Å². The van der Waals surface area contributed by atoms with Gasteiger partial charge in [0.15, 0.2) is 0 Å². The van der Waals surface area contributed by atoms with Gasteiger partial charge in [-0.1, -0.05) is 44.2 Å². The molecule has 7 heteroatoms. The second-order valence-corrected chi connectivity index (χ2v) is 4.81. The van der Waals surface area contributed by atoms with E-state index in [1.54, 1.807) is 19.9 Å². The number of aliphatic carboxylic acids is 1. The first-order chi connectivity index (χ1) is 9.21. The van der Waals surface area contributed by atoms with Gasteiger partial charge in [-0.25, -0.2) is 0 Å². The van der Waals surface area contributed by atoms with Gasteiger partial charge in [0.05, 0.1) is 12.0 Å². The van der Waals surface area contributed by atoms with Gasteiger partial charge in [0.1, 0.15) is 5.71 Å². The summed E-state index contributed by atoms with van der Waals surface area (Å²) in [6, 6.07) is 5.43. The second-order valence-electron chi connectivity index (χ2n) is 4.81. The molecule has 1 aromatic rings. The Bertz CT molecular complexity index is 487. The van der Waals surface area contributed by atoms with E-state index in [2.05, 4.69) is 4.99 Å². The number of alkyl halides is 3. The Morgan fingerprint density at radius 3 is 2.14 bits per heavy atom. The van der Waals surface area contributed by atoms with Gasteiger partial charge in [-0.15, -0.1) is 0 Å². The minimum absolute atomic E-state index is 0. The maximum atomic E-state index is 13.0. The quantitative estimate of drug-likeness (QED) is 0.526. The summed E-state index contributed by atoms with van der Waals surface area (Å²) in [7, 11) is 0. The van der Waals surface area contributed by atoms with Crippen molar-refractivity contribution in [3.8, 4) is 0 Å². The average molecular weight is 325 g/mol. The van der Waals surface area contributed by atoms with Crippen LogP contribution >= 0.6 is 0 Å². The van der Waals surface area contributed by atoms with Crippen LogP contribution in [0.15, 0.2) is 35.3 Å². The van der Waals surface area contributed by atoms with Crippen LogP contribution in [0.1, 0.15) is 25.8 Å². The molecule has 0 bridgehead atoms. The molecule has 0 aliphatic carbocycles. The molecule has 21 heavy (non-hydrogen) atoms. The van der Waals surface area contributed by atoms with E-state index in [0.29, 0.717) is 0 Å². The van der Waals surface area contributed by atoms with Gasteiger partial charge in [-0.2, -0.15) is 13.2 Å². The van der Waals surface area contributed by atoms with E-state index < -0.39 is 23.9 Å². The van der Waals surface area contributed by atoms with E-state index in [1.165, 1.54) is 24.3 Å². The second kappa shape index (κ2) is 9.04. The first-order valence-electron chi connectivity index (χ1n) is 6.13. The van der Waals surface area contributed by atoms with E-state index >= 15 is 0 Å². The SMILES string of the molecule is CC(C)C[C@H](N=C(c1ccccc1)C(F)(F)F)C(=O)[O-].[K+]. The molecule has 0 saturated carbocycles. The smallest absolute Gasteiger partial charge is 0.548 e. The van der Waals surface area contributed by atoms with Crippen LogP contribution in [-0.2, 0) is 4.79 Å². The number of rotatable bonds is 5. The van der Waals surface area contributed by atoms with Crippen LogP contribution < -0.4 is 56.5 Å². The zero-order valence-electron chi connectivity index (χ0n) is 12.1. The van der Waals surface area contributed by atoms with Gasteiger partial charge < -0.3 is 9.90 Å². The van der Waals surface area contributed by atoms with Crippen LogP contribution in [0.5, 0.6) is 0 Å². The molecule has 0 aliphatic rings. The summed E-state index contributed by atoms with van der Waals surface area (Å²) in [6.07, 6.45) is -4.72. The normalized spacial score (nSPS) is 13.7. The Morgan fingerprint density at radius 1 is 1.24 bits per heavy atom. The molecule has 0 heterocycles. The van der Waals surface area contributed by atoms with Crippen molar-refractivity contribution in [3.63, 3.8) is 0 Å². The molecule has 1 atom stereocenters. The Kier molecular flexibility index (Phi) is 8.95. The predicted octanol–water partition coefficient (Wildman–Crippen LogP) is -0.793. The number of benzene rings is 1. The Morgan fingerprint density at radius 2 is 1.76 bits per heavy atom. The fraction of sp³-hybridized carbons (Fsp3) is 0.429. The van der Waals surface area contributed by atoms with Crippen molar-refractivity contribution < 1.29 is 74.5 Å². The summed E-state index contributed by atoms with van der Waals surface area (Å²) >= 11 is 0. The fourth-order valence-electron chi connectivity index (χ4n) is 1.71. The minimum Gasteiger partial charge on any atom is -0.548 e. The monoisotopic (exact) mass is 325 g/mol. The van der Waals surface area contributed by atoms with Gasteiger partial charge in [0.2, 0.25) is 0 Å². The van der Waals surface area contributed by atoms with Crippen LogP contribution in [0.2, 0.25) is 0 Å². The number of carbonyl (C=O) groups excluding carboxylic acids is 1. The predicted molar refractivity (Wildman–Crippen MR) is 67.3 cm³/mol. The number of carboxylic acid groups (broad SMARTS) is 1. The minimum atomic E-state index is -4.72. The van der Waals surface area contributed by atoms with Crippen LogP contribution in [-0.4, -0.2) is 23.9 Å². The van der Waals surface area contributed by atoms with E-state index in [4.69, 9.17) is 0 Å². The van der Waals surface area contributed by atoms with Crippen molar-refractivity contribution in [2.75, 3.05) is 0 Å². The molecule has 0 amide bonds. The number of hydrogen-bond acceptors (Lipinski definition) is 3. The topological polar surface area (TPSA) is 52.5 Å². The number of nitrogens with zero attached hydrogens (tertiary/aromatic N) is 1. The number of hydrogen-bond donors (Lipinski definition) is 0. The summed E-state index contributed by atoms with van der Waals surface area (Å²) in [5.41, 5.74) is -1.34. The zero-order valence-corrected chi connectivity index (χ0v) is 15.3. The van der Waals surface area contributed by atoms with E-state index in [-0.39, 0.29) is 69.3 Å².